The van der Waals surface area contributed by atoms with Gasteiger partial charge >= 0.3 is 0 Å². The second-order valence-electron chi connectivity index (χ2n) is 5.21. The summed E-state index contributed by atoms with van der Waals surface area (Å²) in [6, 6.07) is 0. The van der Waals surface area contributed by atoms with Crippen LogP contribution in [0.1, 0.15) is 38.5 Å². The third kappa shape index (κ3) is 3.04. The molecule has 2 aliphatic rings. The normalized spacial score (nSPS) is 32.6. The van der Waals surface area contributed by atoms with Gasteiger partial charge in [0.05, 0.1) is 12.2 Å². The first-order valence-electron chi connectivity index (χ1n) is 6.25. The van der Waals surface area contributed by atoms with Gasteiger partial charge in [0.15, 0.2) is 0 Å². The standard InChI is InChI=1S/C12H19NO4/c14-9-3-1-2-8(9)10(15)4-7-5-11(16)13-12(17)6-7/h7-10,14-15H,1-6H2,(H,13,16,17)/t8-,9-,10-/m1/s1. The Balaban J connectivity index is 1.87. The maximum Gasteiger partial charge on any atom is 0.226 e. The van der Waals surface area contributed by atoms with E-state index in [1.165, 1.54) is 0 Å². The zero-order chi connectivity index (χ0) is 12.4. The molecule has 1 saturated carbocycles. The summed E-state index contributed by atoms with van der Waals surface area (Å²) in [5.41, 5.74) is 0. The molecule has 0 radical (unpaired) electrons. The Hall–Kier alpha value is -0.940. The number of piperidine rings is 1. The molecule has 5 heteroatoms. The molecule has 2 rings (SSSR count). The monoisotopic (exact) mass is 241 g/mol. The molecule has 96 valence electrons. The lowest BCUT2D eigenvalue weighted by molar-refractivity contribution is -0.135. The Kier molecular flexibility index (Phi) is 3.79. The van der Waals surface area contributed by atoms with Crippen molar-refractivity contribution in [2.45, 2.75) is 50.7 Å². The highest BCUT2D eigenvalue weighted by Gasteiger charge is 2.34. The Morgan fingerprint density at radius 1 is 1.24 bits per heavy atom. The van der Waals surface area contributed by atoms with Crippen LogP contribution in [0.5, 0.6) is 0 Å². The van der Waals surface area contributed by atoms with Crippen LogP contribution in [0.2, 0.25) is 0 Å². The Bertz CT molecular complexity index is 302. The second-order valence-corrected chi connectivity index (χ2v) is 5.21. The number of imide groups is 1. The fraction of sp³-hybridized carbons (Fsp3) is 0.833. The van der Waals surface area contributed by atoms with Gasteiger partial charge in [0, 0.05) is 18.8 Å². The van der Waals surface area contributed by atoms with Crippen molar-refractivity contribution in [1.82, 2.24) is 5.32 Å². The molecule has 3 atom stereocenters. The summed E-state index contributed by atoms with van der Waals surface area (Å²) in [5.74, 6) is -0.690. The minimum atomic E-state index is -0.601. The molecule has 0 bridgehead atoms. The highest BCUT2D eigenvalue weighted by atomic mass is 16.3. The van der Waals surface area contributed by atoms with Gasteiger partial charge in [0.25, 0.3) is 0 Å². The van der Waals surface area contributed by atoms with Gasteiger partial charge in [-0.15, -0.1) is 0 Å². The van der Waals surface area contributed by atoms with Crippen molar-refractivity contribution in [2.24, 2.45) is 11.8 Å². The van der Waals surface area contributed by atoms with E-state index in [9.17, 15) is 19.8 Å². The van der Waals surface area contributed by atoms with Crippen LogP contribution in [-0.4, -0.2) is 34.2 Å². The molecule has 0 aromatic heterocycles. The first-order chi connectivity index (χ1) is 8.06. The fourth-order valence-corrected chi connectivity index (χ4v) is 2.96. The number of carbonyl (C=O) groups excluding carboxylic acids is 2. The van der Waals surface area contributed by atoms with Crippen LogP contribution in [0.25, 0.3) is 0 Å². The molecule has 0 unspecified atom stereocenters. The van der Waals surface area contributed by atoms with Gasteiger partial charge in [0.2, 0.25) is 11.8 Å². The van der Waals surface area contributed by atoms with Gasteiger partial charge in [-0.05, 0) is 25.2 Å². The van der Waals surface area contributed by atoms with E-state index in [1.54, 1.807) is 0 Å². The molecule has 1 heterocycles. The third-order valence-electron chi connectivity index (χ3n) is 3.83. The van der Waals surface area contributed by atoms with Crippen LogP contribution >= 0.6 is 0 Å². The first-order valence-corrected chi connectivity index (χ1v) is 6.25. The molecule has 0 aromatic carbocycles. The van der Waals surface area contributed by atoms with Gasteiger partial charge in [-0.2, -0.15) is 0 Å². The van der Waals surface area contributed by atoms with Gasteiger partial charge < -0.3 is 10.2 Å². The van der Waals surface area contributed by atoms with Crippen LogP contribution in [0.4, 0.5) is 0 Å². The summed E-state index contributed by atoms with van der Waals surface area (Å²) in [7, 11) is 0. The molecule has 17 heavy (non-hydrogen) atoms. The van der Waals surface area contributed by atoms with Gasteiger partial charge in [0.1, 0.15) is 0 Å². The number of aliphatic hydroxyl groups excluding tert-OH is 2. The third-order valence-corrected chi connectivity index (χ3v) is 3.83. The van der Waals surface area contributed by atoms with E-state index in [-0.39, 0.29) is 23.7 Å². The van der Waals surface area contributed by atoms with E-state index < -0.39 is 12.2 Å². The van der Waals surface area contributed by atoms with Crippen molar-refractivity contribution in [1.29, 1.82) is 0 Å². The number of carbonyl (C=O) groups is 2. The van der Waals surface area contributed by atoms with E-state index in [0.717, 1.165) is 19.3 Å². The minimum absolute atomic E-state index is 0.0842. The lowest BCUT2D eigenvalue weighted by Gasteiger charge is -2.27. The summed E-state index contributed by atoms with van der Waals surface area (Å²) in [5, 5.41) is 22.0. The Morgan fingerprint density at radius 3 is 2.41 bits per heavy atom. The highest BCUT2D eigenvalue weighted by Crippen LogP contribution is 2.32. The van der Waals surface area contributed by atoms with E-state index in [0.29, 0.717) is 19.3 Å². The topological polar surface area (TPSA) is 86.6 Å². The van der Waals surface area contributed by atoms with Crippen LogP contribution in [0.3, 0.4) is 0 Å². The van der Waals surface area contributed by atoms with Crippen molar-refractivity contribution in [3.63, 3.8) is 0 Å². The molecule has 2 amide bonds. The number of amides is 2. The summed E-state index contributed by atoms with van der Waals surface area (Å²) in [4.78, 5) is 22.4. The van der Waals surface area contributed by atoms with E-state index in [1.807, 2.05) is 0 Å². The molecule has 5 nitrogen and oxygen atoms in total. The summed E-state index contributed by atoms with van der Waals surface area (Å²) in [6.07, 6.45) is 2.50. The maximum atomic E-state index is 11.2. The summed E-state index contributed by atoms with van der Waals surface area (Å²) >= 11 is 0. The zero-order valence-corrected chi connectivity index (χ0v) is 9.76. The number of nitrogens with one attached hydrogen (secondary N) is 1. The molecule has 0 aromatic rings. The molecular formula is C12H19NO4. The Labute approximate surface area is 100 Å². The van der Waals surface area contributed by atoms with Crippen LogP contribution in [0.15, 0.2) is 0 Å². The van der Waals surface area contributed by atoms with E-state index >= 15 is 0 Å². The maximum absolute atomic E-state index is 11.2. The summed E-state index contributed by atoms with van der Waals surface area (Å²) in [6.45, 7) is 0. The molecule has 1 aliphatic heterocycles. The molecule has 3 N–H and O–H groups in total. The van der Waals surface area contributed by atoms with Gasteiger partial charge in [-0.3, -0.25) is 14.9 Å². The van der Waals surface area contributed by atoms with E-state index in [4.69, 9.17) is 0 Å². The van der Waals surface area contributed by atoms with Crippen molar-refractivity contribution >= 4 is 11.8 Å². The average Bonchev–Trinajstić information content (AvgIpc) is 2.62. The smallest absolute Gasteiger partial charge is 0.226 e. The van der Waals surface area contributed by atoms with Crippen molar-refractivity contribution < 1.29 is 19.8 Å². The quantitative estimate of drug-likeness (QED) is 0.605. The van der Waals surface area contributed by atoms with Crippen molar-refractivity contribution in [3.8, 4) is 0 Å². The predicted octanol–water partition coefficient (Wildman–Crippen LogP) is -0.0488. The molecule has 0 spiro atoms. The Morgan fingerprint density at radius 2 is 1.88 bits per heavy atom. The molecule has 1 aliphatic carbocycles. The second kappa shape index (κ2) is 5.14. The largest absolute Gasteiger partial charge is 0.393 e. The zero-order valence-electron chi connectivity index (χ0n) is 9.76. The number of rotatable bonds is 3. The average molecular weight is 241 g/mol. The molecular weight excluding hydrogens is 222 g/mol. The van der Waals surface area contributed by atoms with Crippen LogP contribution < -0.4 is 5.32 Å². The van der Waals surface area contributed by atoms with Crippen LogP contribution in [0, 0.1) is 11.8 Å². The first kappa shape index (κ1) is 12.5. The summed E-state index contributed by atoms with van der Waals surface area (Å²) < 4.78 is 0. The number of aliphatic hydroxyl groups is 2. The number of hydrogen-bond donors (Lipinski definition) is 3. The van der Waals surface area contributed by atoms with E-state index in [2.05, 4.69) is 5.32 Å². The highest BCUT2D eigenvalue weighted by molar-refractivity contribution is 5.97. The lowest BCUT2D eigenvalue weighted by Crippen LogP contribution is -2.40. The lowest BCUT2D eigenvalue weighted by atomic mass is 9.85. The van der Waals surface area contributed by atoms with Crippen LogP contribution in [-0.2, 0) is 9.59 Å². The predicted molar refractivity (Wildman–Crippen MR) is 59.8 cm³/mol. The molecule has 1 saturated heterocycles. The van der Waals surface area contributed by atoms with Crippen molar-refractivity contribution in [2.75, 3.05) is 0 Å². The fourth-order valence-electron chi connectivity index (χ4n) is 2.96. The minimum Gasteiger partial charge on any atom is -0.393 e. The molecule has 2 fully saturated rings. The van der Waals surface area contributed by atoms with Gasteiger partial charge in [-0.1, -0.05) is 6.42 Å². The van der Waals surface area contributed by atoms with Gasteiger partial charge in [-0.25, -0.2) is 0 Å². The van der Waals surface area contributed by atoms with Crippen molar-refractivity contribution in [3.05, 3.63) is 0 Å². The number of hydrogen-bond acceptors (Lipinski definition) is 4. The SMILES string of the molecule is O=C1CC(C[C@@H](O)[C@@H]2CCC[C@H]2O)CC(=O)N1.